The van der Waals surface area contributed by atoms with Crippen LogP contribution in [0.1, 0.15) is 16.1 Å². The first-order valence-corrected chi connectivity index (χ1v) is 4.75. The Kier molecular flexibility index (Phi) is 1.51. The van der Waals surface area contributed by atoms with Gasteiger partial charge in [-0.3, -0.25) is 4.79 Å². The van der Waals surface area contributed by atoms with E-state index in [0.717, 1.165) is 28.4 Å². The zero-order valence-electron chi connectivity index (χ0n) is 8.20. The van der Waals surface area contributed by atoms with Gasteiger partial charge in [-0.2, -0.15) is 0 Å². The summed E-state index contributed by atoms with van der Waals surface area (Å²) < 4.78 is 5.60. The Hall–Kier alpha value is -2.03. The standard InChI is InChI=1S/C12H9NO2/c1-7-2-3-10-9(4-7)12-11(15-10)5-8(6-14)13-12/h2-6,13H,1H3. The maximum Gasteiger partial charge on any atom is 0.166 e. The third-order valence-electron chi connectivity index (χ3n) is 2.55. The first-order chi connectivity index (χ1) is 7.28. The summed E-state index contributed by atoms with van der Waals surface area (Å²) in [6, 6.07) is 7.72. The van der Waals surface area contributed by atoms with Gasteiger partial charge >= 0.3 is 0 Å². The first kappa shape index (κ1) is 8.29. The van der Waals surface area contributed by atoms with Crippen molar-refractivity contribution in [3.63, 3.8) is 0 Å². The van der Waals surface area contributed by atoms with Gasteiger partial charge in [-0.05, 0) is 19.1 Å². The second-order valence-electron chi connectivity index (χ2n) is 3.68. The van der Waals surface area contributed by atoms with Crippen molar-refractivity contribution in [1.82, 2.24) is 4.98 Å². The lowest BCUT2D eigenvalue weighted by Crippen LogP contribution is -1.76. The molecule has 1 N–H and O–H groups in total. The molecule has 2 heterocycles. The average molecular weight is 199 g/mol. The smallest absolute Gasteiger partial charge is 0.166 e. The van der Waals surface area contributed by atoms with Gasteiger partial charge in [0, 0.05) is 11.5 Å². The van der Waals surface area contributed by atoms with Crippen LogP contribution in [0.5, 0.6) is 0 Å². The van der Waals surface area contributed by atoms with Gasteiger partial charge in [-0.25, -0.2) is 0 Å². The number of hydrogen-bond donors (Lipinski definition) is 1. The summed E-state index contributed by atoms with van der Waals surface area (Å²) in [7, 11) is 0. The molecule has 3 rings (SSSR count). The number of aryl methyl sites for hydroxylation is 1. The molecule has 3 nitrogen and oxygen atoms in total. The molecule has 0 unspecified atom stereocenters. The van der Waals surface area contributed by atoms with Gasteiger partial charge in [-0.15, -0.1) is 0 Å². The second kappa shape index (κ2) is 2.73. The highest BCUT2D eigenvalue weighted by Gasteiger charge is 2.09. The van der Waals surface area contributed by atoms with Crippen molar-refractivity contribution in [2.75, 3.05) is 0 Å². The molecule has 0 aliphatic carbocycles. The fourth-order valence-electron chi connectivity index (χ4n) is 1.85. The van der Waals surface area contributed by atoms with E-state index in [-0.39, 0.29) is 0 Å². The van der Waals surface area contributed by atoms with Crippen LogP contribution in [-0.2, 0) is 0 Å². The van der Waals surface area contributed by atoms with Crippen LogP contribution in [0.15, 0.2) is 28.7 Å². The lowest BCUT2D eigenvalue weighted by Gasteiger charge is -1.91. The minimum atomic E-state index is 0.548. The minimum Gasteiger partial charge on any atom is -0.454 e. The second-order valence-corrected chi connectivity index (χ2v) is 3.68. The normalized spacial score (nSPS) is 11.3. The maximum absolute atomic E-state index is 10.6. The van der Waals surface area contributed by atoms with Crippen LogP contribution in [0, 0.1) is 6.92 Å². The largest absolute Gasteiger partial charge is 0.454 e. The average Bonchev–Trinajstić information content (AvgIpc) is 2.75. The van der Waals surface area contributed by atoms with Gasteiger partial charge < -0.3 is 9.40 Å². The van der Waals surface area contributed by atoms with Crippen LogP contribution in [0.25, 0.3) is 22.1 Å². The highest BCUT2D eigenvalue weighted by atomic mass is 16.3. The van der Waals surface area contributed by atoms with E-state index < -0.39 is 0 Å². The molecule has 0 bridgehead atoms. The Morgan fingerprint density at radius 2 is 2.13 bits per heavy atom. The quantitative estimate of drug-likeness (QED) is 0.612. The van der Waals surface area contributed by atoms with Crippen molar-refractivity contribution >= 4 is 28.4 Å². The number of aldehydes is 1. The lowest BCUT2D eigenvalue weighted by atomic mass is 10.2. The van der Waals surface area contributed by atoms with Gasteiger partial charge in [0.2, 0.25) is 0 Å². The lowest BCUT2D eigenvalue weighted by molar-refractivity contribution is 0.111. The van der Waals surface area contributed by atoms with Gasteiger partial charge in [0.05, 0.1) is 11.2 Å². The summed E-state index contributed by atoms with van der Waals surface area (Å²) in [6.07, 6.45) is 0.789. The van der Waals surface area contributed by atoms with Crippen molar-refractivity contribution < 1.29 is 9.21 Å². The van der Waals surface area contributed by atoms with Crippen LogP contribution in [-0.4, -0.2) is 11.3 Å². The number of carbonyl (C=O) groups is 1. The van der Waals surface area contributed by atoms with Crippen molar-refractivity contribution in [2.24, 2.45) is 0 Å². The summed E-state index contributed by atoms with van der Waals surface area (Å²) in [5, 5.41) is 1.03. The SMILES string of the molecule is Cc1ccc2oc3cc(C=O)[nH]c3c2c1. The number of aromatic amines is 1. The van der Waals surface area contributed by atoms with E-state index in [9.17, 15) is 4.79 Å². The molecule has 2 aromatic heterocycles. The summed E-state index contributed by atoms with van der Waals surface area (Å²) in [5.41, 5.74) is 4.20. The Bertz CT molecular complexity index is 661. The molecule has 15 heavy (non-hydrogen) atoms. The fraction of sp³-hybridized carbons (Fsp3) is 0.0833. The minimum absolute atomic E-state index is 0.548. The molecule has 0 aliphatic rings. The number of benzene rings is 1. The predicted octanol–water partition coefficient (Wildman–Crippen LogP) is 3.04. The maximum atomic E-state index is 10.6. The Morgan fingerprint density at radius 3 is 2.93 bits per heavy atom. The van der Waals surface area contributed by atoms with Crippen molar-refractivity contribution in [3.05, 3.63) is 35.5 Å². The van der Waals surface area contributed by atoms with Gasteiger partial charge in [-0.1, -0.05) is 11.6 Å². The van der Waals surface area contributed by atoms with Crippen LogP contribution in [0.2, 0.25) is 0 Å². The number of nitrogens with one attached hydrogen (secondary N) is 1. The summed E-state index contributed by atoms with van der Waals surface area (Å²) in [5.74, 6) is 0. The number of fused-ring (bicyclic) bond motifs is 3. The topological polar surface area (TPSA) is 46.0 Å². The van der Waals surface area contributed by atoms with Crippen molar-refractivity contribution in [1.29, 1.82) is 0 Å². The van der Waals surface area contributed by atoms with Crippen LogP contribution < -0.4 is 0 Å². The Balaban J connectivity index is 2.47. The molecular weight excluding hydrogens is 190 g/mol. The molecular formula is C12H9NO2. The fourth-order valence-corrected chi connectivity index (χ4v) is 1.85. The van der Waals surface area contributed by atoms with Crippen LogP contribution >= 0.6 is 0 Å². The van der Waals surface area contributed by atoms with E-state index in [1.807, 2.05) is 25.1 Å². The van der Waals surface area contributed by atoms with E-state index in [4.69, 9.17) is 4.42 Å². The van der Waals surface area contributed by atoms with Gasteiger partial charge in [0.15, 0.2) is 11.9 Å². The summed E-state index contributed by atoms with van der Waals surface area (Å²) >= 11 is 0. The Morgan fingerprint density at radius 1 is 1.27 bits per heavy atom. The molecule has 0 saturated carbocycles. The molecule has 0 atom stereocenters. The number of furan rings is 1. The zero-order chi connectivity index (χ0) is 10.4. The van der Waals surface area contributed by atoms with Gasteiger partial charge in [0.25, 0.3) is 0 Å². The van der Waals surface area contributed by atoms with Crippen molar-refractivity contribution in [2.45, 2.75) is 6.92 Å². The van der Waals surface area contributed by atoms with E-state index in [0.29, 0.717) is 5.69 Å². The summed E-state index contributed by atoms with van der Waals surface area (Å²) in [6.45, 7) is 2.03. The molecule has 0 amide bonds. The molecule has 3 heteroatoms. The predicted molar refractivity (Wildman–Crippen MR) is 58.2 cm³/mol. The summed E-state index contributed by atoms with van der Waals surface area (Å²) in [4.78, 5) is 13.6. The number of hydrogen-bond acceptors (Lipinski definition) is 2. The van der Waals surface area contributed by atoms with Gasteiger partial charge in [0.1, 0.15) is 5.58 Å². The highest BCUT2D eigenvalue weighted by molar-refractivity contribution is 6.04. The number of aromatic nitrogens is 1. The molecule has 0 saturated heterocycles. The third-order valence-corrected chi connectivity index (χ3v) is 2.55. The third kappa shape index (κ3) is 1.09. The molecule has 0 fully saturated rings. The monoisotopic (exact) mass is 199 g/mol. The van der Waals surface area contributed by atoms with E-state index in [1.165, 1.54) is 5.56 Å². The zero-order valence-corrected chi connectivity index (χ0v) is 8.20. The molecule has 3 aromatic rings. The van der Waals surface area contributed by atoms with Crippen LogP contribution in [0.4, 0.5) is 0 Å². The van der Waals surface area contributed by atoms with E-state index in [2.05, 4.69) is 4.98 Å². The number of rotatable bonds is 1. The molecule has 0 aliphatic heterocycles. The first-order valence-electron chi connectivity index (χ1n) is 4.75. The highest BCUT2D eigenvalue weighted by Crippen LogP contribution is 2.28. The molecule has 1 aromatic carbocycles. The Labute approximate surface area is 85.7 Å². The van der Waals surface area contributed by atoms with E-state index >= 15 is 0 Å². The van der Waals surface area contributed by atoms with Crippen LogP contribution in [0.3, 0.4) is 0 Å². The van der Waals surface area contributed by atoms with Crippen molar-refractivity contribution in [3.8, 4) is 0 Å². The molecule has 74 valence electrons. The number of H-pyrrole nitrogens is 1. The molecule has 0 spiro atoms. The number of carbonyl (C=O) groups excluding carboxylic acids is 1. The molecule has 0 radical (unpaired) electrons. The van der Waals surface area contributed by atoms with E-state index in [1.54, 1.807) is 6.07 Å².